The summed E-state index contributed by atoms with van der Waals surface area (Å²) in [6.45, 7) is 8.61. The Bertz CT molecular complexity index is 1520. The van der Waals surface area contributed by atoms with Crippen molar-refractivity contribution in [2.45, 2.75) is 45.3 Å². The lowest BCUT2D eigenvalue weighted by Crippen LogP contribution is -2.37. The van der Waals surface area contributed by atoms with Crippen LogP contribution in [0, 0.1) is 0 Å². The molecule has 2 aliphatic heterocycles. The minimum Gasteiger partial charge on any atom is -0.444 e. The number of para-hydroxylation sites is 2. The first-order chi connectivity index (χ1) is 18.7. The van der Waals surface area contributed by atoms with E-state index in [4.69, 9.17) is 19.4 Å². The van der Waals surface area contributed by atoms with Crippen LogP contribution in [-0.2, 0) is 9.47 Å². The maximum Gasteiger partial charge on any atom is 0.410 e. The number of anilines is 1. The minimum atomic E-state index is -2.83. The fraction of sp³-hybridized carbons (Fsp3) is 0.500. The van der Waals surface area contributed by atoms with Crippen molar-refractivity contribution < 1.29 is 23.0 Å². The molecule has 0 bridgehead atoms. The van der Waals surface area contributed by atoms with E-state index in [0.29, 0.717) is 74.0 Å². The summed E-state index contributed by atoms with van der Waals surface area (Å²) in [5.74, 6) is 0.240. The normalized spacial score (nSPS) is 18.6. The molecular weight excluding hydrogens is 510 g/mol. The highest BCUT2D eigenvalue weighted by atomic mass is 19.3. The summed E-state index contributed by atoms with van der Waals surface area (Å²) in [4.78, 5) is 34.8. The number of halogens is 2. The zero-order chi connectivity index (χ0) is 27.3. The van der Waals surface area contributed by atoms with Crippen molar-refractivity contribution in [3.8, 4) is 5.82 Å². The van der Waals surface area contributed by atoms with Crippen LogP contribution in [-0.4, -0.2) is 85.1 Å². The maximum atomic E-state index is 14.3. The smallest absolute Gasteiger partial charge is 0.410 e. The van der Waals surface area contributed by atoms with Crippen molar-refractivity contribution in [3.05, 3.63) is 36.4 Å². The Morgan fingerprint density at radius 2 is 1.87 bits per heavy atom. The van der Waals surface area contributed by atoms with Gasteiger partial charge in [-0.25, -0.2) is 23.5 Å². The van der Waals surface area contributed by atoms with Crippen molar-refractivity contribution in [1.82, 2.24) is 34.0 Å². The number of nitrogens with zero attached hydrogens (tertiary/aromatic N) is 8. The Balaban J connectivity index is 1.47. The summed E-state index contributed by atoms with van der Waals surface area (Å²) in [5, 5.41) is 0. The Morgan fingerprint density at radius 1 is 1.10 bits per heavy atom. The second-order valence-electron chi connectivity index (χ2n) is 10.7. The molecule has 1 atom stereocenters. The van der Waals surface area contributed by atoms with Crippen LogP contribution in [0.15, 0.2) is 30.6 Å². The van der Waals surface area contributed by atoms with Gasteiger partial charge in [-0.3, -0.25) is 4.57 Å². The molecule has 0 saturated carbocycles. The zero-order valence-corrected chi connectivity index (χ0v) is 22.0. The molecule has 4 aromatic rings. The third-order valence-corrected chi connectivity index (χ3v) is 6.89. The second kappa shape index (κ2) is 9.70. The highest BCUT2D eigenvalue weighted by molar-refractivity contribution is 5.85. The lowest BCUT2D eigenvalue weighted by Gasteiger charge is -2.27. The molecule has 0 aliphatic carbocycles. The number of amides is 1. The van der Waals surface area contributed by atoms with E-state index in [2.05, 4.69) is 9.97 Å². The molecule has 11 nitrogen and oxygen atoms in total. The number of fused-ring (bicyclic) bond motifs is 2. The van der Waals surface area contributed by atoms with Crippen LogP contribution < -0.4 is 4.90 Å². The van der Waals surface area contributed by atoms with Crippen LogP contribution in [0.2, 0.25) is 0 Å². The van der Waals surface area contributed by atoms with Crippen molar-refractivity contribution in [1.29, 1.82) is 0 Å². The third-order valence-electron chi connectivity index (χ3n) is 6.89. The number of carbonyl (C=O) groups excluding carboxylic acids is 1. The Morgan fingerprint density at radius 3 is 2.62 bits per heavy atom. The van der Waals surface area contributed by atoms with E-state index in [1.165, 1.54) is 4.57 Å². The number of benzene rings is 1. The van der Waals surface area contributed by atoms with Crippen molar-refractivity contribution in [2.75, 3.05) is 44.3 Å². The molecule has 13 heteroatoms. The standard InChI is InChI=1S/C26H30F2N8O3/c1-26(2,3)39-25(37)34-9-8-16(14-34)35-15-29-19-21(35)31-24(33-10-12-38-13-11-33)32-22(19)36-18-7-5-4-6-17(18)30-23(36)20(27)28/h4-7,15-16,20H,8-14H2,1-3H3. The summed E-state index contributed by atoms with van der Waals surface area (Å²) >= 11 is 0. The molecule has 1 aromatic carbocycles. The fourth-order valence-corrected chi connectivity index (χ4v) is 5.09. The summed E-state index contributed by atoms with van der Waals surface area (Å²) in [5.41, 5.74) is 1.24. The number of carbonyl (C=O) groups is 1. The van der Waals surface area contributed by atoms with Crippen LogP contribution in [0.25, 0.3) is 28.0 Å². The van der Waals surface area contributed by atoms with E-state index in [-0.39, 0.29) is 18.0 Å². The summed E-state index contributed by atoms with van der Waals surface area (Å²) in [7, 11) is 0. The van der Waals surface area contributed by atoms with Crippen LogP contribution in [0.1, 0.15) is 45.5 Å². The molecule has 1 unspecified atom stereocenters. The van der Waals surface area contributed by atoms with Gasteiger partial charge in [-0.15, -0.1) is 0 Å². The number of morpholine rings is 1. The highest BCUT2D eigenvalue weighted by Crippen LogP contribution is 2.33. The molecule has 2 saturated heterocycles. The Labute approximate surface area is 223 Å². The van der Waals surface area contributed by atoms with Crippen molar-refractivity contribution >= 4 is 34.2 Å². The quantitative estimate of drug-likeness (QED) is 0.381. The molecular formula is C26H30F2N8O3. The van der Waals surface area contributed by atoms with Gasteiger partial charge in [-0.05, 0) is 39.3 Å². The van der Waals surface area contributed by atoms with Gasteiger partial charge < -0.3 is 23.8 Å². The largest absolute Gasteiger partial charge is 0.444 e. The molecule has 2 fully saturated rings. The Hall–Kier alpha value is -3.87. The molecule has 1 amide bonds. The van der Waals surface area contributed by atoms with Crippen molar-refractivity contribution in [3.63, 3.8) is 0 Å². The monoisotopic (exact) mass is 540 g/mol. The van der Waals surface area contributed by atoms with Gasteiger partial charge in [0.25, 0.3) is 6.43 Å². The second-order valence-corrected chi connectivity index (χ2v) is 10.7. The van der Waals surface area contributed by atoms with Crippen LogP contribution in [0.3, 0.4) is 0 Å². The molecule has 0 spiro atoms. The predicted molar refractivity (Wildman–Crippen MR) is 139 cm³/mol. The fourth-order valence-electron chi connectivity index (χ4n) is 5.09. The number of hydrogen-bond acceptors (Lipinski definition) is 8. The summed E-state index contributed by atoms with van der Waals surface area (Å²) in [6, 6.07) is 6.86. The van der Waals surface area contributed by atoms with Gasteiger partial charge in [0, 0.05) is 26.2 Å². The van der Waals surface area contributed by atoms with Crippen LogP contribution >= 0.6 is 0 Å². The Kier molecular flexibility index (Phi) is 6.32. The molecule has 3 aromatic heterocycles. The number of likely N-dealkylation sites (tertiary alicyclic amines) is 1. The molecule has 2 aliphatic rings. The van der Waals surface area contributed by atoms with Gasteiger partial charge in [0.05, 0.1) is 36.6 Å². The lowest BCUT2D eigenvalue weighted by molar-refractivity contribution is 0.0289. The highest BCUT2D eigenvalue weighted by Gasteiger charge is 2.33. The van der Waals surface area contributed by atoms with Gasteiger partial charge in [0.2, 0.25) is 5.95 Å². The van der Waals surface area contributed by atoms with Gasteiger partial charge in [0.1, 0.15) is 5.60 Å². The van der Waals surface area contributed by atoms with Crippen molar-refractivity contribution in [2.24, 2.45) is 0 Å². The van der Waals surface area contributed by atoms with E-state index in [9.17, 15) is 13.6 Å². The average molecular weight is 541 g/mol. The van der Waals surface area contributed by atoms with E-state index in [1.807, 2.05) is 30.2 Å². The number of alkyl halides is 2. The van der Waals surface area contributed by atoms with Crippen LogP contribution in [0.4, 0.5) is 19.5 Å². The predicted octanol–water partition coefficient (Wildman–Crippen LogP) is 4.12. The third kappa shape index (κ3) is 4.75. The van der Waals surface area contributed by atoms with E-state index < -0.39 is 17.9 Å². The number of rotatable bonds is 4. The maximum absolute atomic E-state index is 14.3. The number of hydrogen-bond donors (Lipinski definition) is 0. The first kappa shape index (κ1) is 25.4. The lowest BCUT2D eigenvalue weighted by atomic mass is 10.2. The molecule has 0 N–H and O–H groups in total. The van der Waals surface area contributed by atoms with Gasteiger partial charge in [-0.1, -0.05) is 12.1 Å². The van der Waals surface area contributed by atoms with Gasteiger partial charge in [0.15, 0.2) is 22.8 Å². The van der Waals surface area contributed by atoms with E-state index >= 15 is 0 Å². The topological polar surface area (TPSA) is 103 Å². The van der Waals surface area contributed by atoms with Crippen LogP contribution in [0.5, 0.6) is 0 Å². The molecule has 5 heterocycles. The molecule has 0 radical (unpaired) electrons. The zero-order valence-electron chi connectivity index (χ0n) is 22.0. The SMILES string of the molecule is CC(C)(C)OC(=O)N1CCC(n2cnc3c(-n4c(C(F)F)nc5ccccc54)nc(N4CCOCC4)nc32)C1. The molecule has 39 heavy (non-hydrogen) atoms. The molecule has 6 rings (SSSR count). The van der Waals surface area contributed by atoms with E-state index in [0.717, 1.165) is 0 Å². The number of aromatic nitrogens is 6. The first-order valence-electron chi connectivity index (χ1n) is 13.0. The molecule has 206 valence electrons. The number of ether oxygens (including phenoxy) is 2. The van der Waals surface area contributed by atoms with Gasteiger partial charge >= 0.3 is 6.09 Å². The summed E-state index contributed by atoms with van der Waals surface area (Å²) in [6.07, 6.45) is -0.873. The van der Waals surface area contributed by atoms with E-state index in [1.54, 1.807) is 35.5 Å². The average Bonchev–Trinajstić information content (AvgIpc) is 3.64. The first-order valence-corrected chi connectivity index (χ1v) is 13.0. The minimum absolute atomic E-state index is 0.114. The summed E-state index contributed by atoms with van der Waals surface area (Å²) < 4.78 is 42.9. The van der Waals surface area contributed by atoms with Gasteiger partial charge in [-0.2, -0.15) is 9.97 Å². The number of imidazole rings is 2.